The van der Waals surface area contributed by atoms with Gasteiger partial charge in [-0.15, -0.1) is 0 Å². The molecule has 1 aliphatic rings. The van der Waals surface area contributed by atoms with Crippen molar-refractivity contribution in [3.8, 4) is 0 Å². The molecule has 1 N–H and O–H groups in total. The topological polar surface area (TPSA) is 57.7 Å². The molecule has 0 unspecified atom stereocenters. The lowest BCUT2D eigenvalue weighted by atomic mass is 10.1. The van der Waals surface area contributed by atoms with E-state index in [4.69, 9.17) is 0 Å². The van der Waals surface area contributed by atoms with Crippen LogP contribution < -0.4 is 4.90 Å². The van der Waals surface area contributed by atoms with Crippen molar-refractivity contribution < 1.29 is 0 Å². The SMILES string of the molecule is Cc1nccc(N2CC[C@@H](c3ncc(C)[nH]3)C2)n1. The molecule has 5 nitrogen and oxygen atoms in total. The van der Waals surface area contributed by atoms with E-state index in [1.54, 1.807) is 0 Å². The molecule has 1 atom stereocenters. The van der Waals surface area contributed by atoms with E-state index < -0.39 is 0 Å². The number of hydrogen-bond acceptors (Lipinski definition) is 4. The molecule has 1 saturated heterocycles. The number of nitrogens with one attached hydrogen (secondary N) is 1. The lowest BCUT2D eigenvalue weighted by molar-refractivity contribution is 0.720. The molecule has 0 amide bonds. The molecule has 0 radical (unpaired) electrons. The summed E-state index contributed by atoms with van der Waals surface area (Å²) in [5.74, 6) is 3.42. The van der Waals surface area contributed by atoms with E-state index in [1.807, 2.05) is 32.3 Å². The first-order valence-electron chi connectivity index (χ1n) is 6.28. The molecule has 0 saturated carbocycles. The van der Waals surface area contributed by atoms with Crippen molar-refractivity contribution >= 4 is 5.82 Å². The van der Waals surface area contributed by atoms with Crippen molar-refractivity contribution in [2.24, 2.45) is 0 Å². The third-order valence-corrected chi connectivity index (χ3v) is 3.38. The summed E-state index contributed by atoms with van der Waals surface area (Å²) in [5.41, 5.74) is 1.13. The summed E-state index contributed by atoms with van der Waals surface area (Å²) in [7, 11) is 0. The van der Waals surface area contributed by atoms with Crippen LogP contribution in [0.4, 0.5) is 5.82 Å². The van der Waals surface area contributed by atoms with Crippen LogP contribution in [0.1, 0.15) is 29.7 Å². The van der Waals surface area contributed by atoms with Gasteiger partial charge in [0.25, 0.3) is 0 Å². The predicted molar refractivity (Wildman–Crippen MR) is 69.7 cm³/mol. The van der Waals surface area contributed by atoms with Crippen LogP contribution in [0.25, 0.3) is 0 Å². The summed E-state index contributed by atoms with van der Waals surface area (Å²) in [6.07, 6.45) is 4.84. The summed E-state index contributed by atoms with van der Waals surface area (Å²) < 4.78 is 0. The van der Waals surface area contributed by atoms with Crippen LogP contribution in [0.2, 0.25) is 0 Å². The minimum Gasteiger partial charge on any atom is -0.356 e. The quantitative estimate of drug-likeness (QED) is 0.874. The lowest BCUT2D eigenvalue weighted by Gasteiger charge is -2.16. The zero-order valence-corrected chi connectivity index (χ0v) is 10.7. The van der Waals surface area contributed by atoms with E-state index in [0.717, 1.165) is 42.7 Å². The molecule has 1 aliphatic heterocycles. The van der Waals surface area contributed by atoms with Gasteiger partial charge in [-0.05, 0) is 26.3 Å². The van der Waals surface area contributed by atoms with Crippen molar-refractivity contribution in [3.63, 3.8) is 0 Å². The van der Waals surface area contributed by atoms with Crippen LogP contribution >= 0.6 is 0 Å². The molecule has 0 bridgehead atoms. The molecule has 3 heterocycles. The van der Waals surface area contributed by atoms with Gasteiger partial charge in [-0.1, -0.05) is 0 Å². The van der Waals surface area contributed by atoms with Gasteiger partial charge in [-0.2, -0.15) is 0 Å². The number of nitrogens with zero attached hydrogens (tertiary/aromatic N) is 4. The zero-order chi connectivity index (χ0) is 12.5. The van der Waals surface area contributed by atoms with Gasteiger partial charge in [0.15, 0.2) is 0 Å². The predicted octanol–water partition coefficient (Wildman–Crippen LogP) is 1.81. The minimum atomic E-state index is 0.481. The van der Waals surface area contributed by atoms with Gasteiger partial charge in [0.2, 0.25) is 0 Å². The van der Waals surface area contributed by atoms with Gasteiger partial charge >= 0.3 is 0 Å². The fourth-order valence-corrected chi connectivity index (χ4v) is 2.45. The highest BCUT2D eigenvalue weighted by Gasteiger charge is 2.26. The van der Waals surface area contributed by atoms with Crippen LogP contribution in [0.3, 0.4) is 0 Å². The van der Waals surface area contributed by atoms with E-state index in [-0.39, 0.29) is 0 Å². The molecular formula is C13H17N5. The van der Waals surface area contributed by atoms with Crippen molar-refractivity contribution in [3.05, 3.63) is 35.8 Å². The first kappa shape index (κ1) is 11.2. The van der Waals surface area contributed by atoms with Crippen molar-refractivity contribution in [1.29, 1.82) is 0 Å². The smallest absolute Gasteiger partial charge is 0.132 e. The van der Waals surface area contributed by atoms with Gasteiger partial charge in [0, 0.05) is 37.1 Å². The number of anilines is 1. The van der Waals surface area contributed by atoms with E-state index in [1.165, 1.54) is 0 Å². The largest absolute Gasteiger partial charge is 0.356 e. The number of imidazole rings is 1. The molecule has 2 aromatic heterocycles. The minimum absolute atomic E-state index is 0.481. The van der Waals surface area contributed by atoms with Crippen LogP contribution in [0, 0.1) is 13.8 Å². The summed E-state index contributed by atoms with van der Waals surface area (Å²) in [6.45, 7) is 5.97. The first-order chi connectivity index (χ1) is 8.72. The lowest BCUT2D eigenvalue weighted by Crippen LogP contribution is -2.21. The Balaban J connectivity index is 1.75. The number of rotatable bonds is 2. The molecule has 3 rings (SSSR count). The van der Waals surface area contributed by atoms with Crippen LogP contribution in [-0.2, 0) is 0 Å². The summed E-state index contributed by atoms with van der Waals surface area (Å²) in [6, 6.07) is 1.97. The second-order valence-electron chi connectivity index (χ2n) is 4.85. The maximum atomic E-state index is 4.47. The van der Waals surface area contributed by atoms with Gasteiger partial charge in [-0.3, -0.25) is 0 Å². The van der Waals surface area contributed by atoms with Gasteiger partial charge in [0.1, 0.15) is 17.5 Å². The van der Waals surface area contributed by atoms with E-state index in [9.17, 15) is 0 Å². The molecule has 0 aromatic carbocycles. The number of aromatic nitrogens is 4. The van der Waals surface area contributed by atoms with E-state index in [0.29, 0.717) is 5.92 Å². The van der Waals surface area contributed by atoms with Crippen LogP contribution in [-0.4, -0.2) is 33.0 Å². The van der Waals surface area contributed by atoms with Crippen LogP contribution in [0.5, 0.6) is 0 Å². The van der Waals surface area contributed by atoms with Crippen LogP contribution in [0.15, 0.2) is 18.5 Å². The fourth-order valence-electron chi connectivity index (χ4n) is 2.45. The highest BCUT2D eigenvalue weighted by molar-refractivity contribution is 5.39. The molecule has 5 heteroatoms. The third kappa shape index (κ3) is 2.08. The second-order valence-corrected chi connectivity index (χ2v) is 4.85. The normalized spacial score (nSPS) is 19.4. The Labute approximate surface area is 106 Å². The number of H-pyrrole nitrogens is 1. The summed E-state index contributed by atoms with van der Waals surface area (Å²) in [4.78, 5) is 18.7. The average molecular weight is 243 g/mol. The maximum absolute atomic E-state index is 4.47. The standard InChI is InChI=1S/C13H17N5/c1-9-7-15-13(16-9)11-4-6-18(8-11)12-3-5-14-10(2)17-12/h3,5,7,11H,4,6,8H2,1-2H3,(H,15,16)/t11-/m1/s1. The molecule has 1 fully saturated rings. The monoisotopic (exact) mass is 243 g/mol. The molecule has 0 spiro atoms. The van der Waals surface area contributed by atoms with Crippen molar-refractivity contribution in [1.82, 2.24) is 19.9 Å². The Morgan fingerprint density at radius 1 is 1.33 bits per heavy atom. The number of aryl methyl sites for hydroxylation is 2. The van der Waals surface area contributed by atoms with Crippen molar-refractivity contribution in [2.45, 2.75) is 26.2 Å². The molecular weight excluding hydrogens is 226 g/mol. The van der Waals surface area contributed by atoms with Gasteiger partial charge in [0.05, 0.1) is 0 Å². The molecule has 2 aromatic rings. The fraction of sp³-hybridized carbons (Fsp3) is 0.462. The Bertz CT molecular complexity index is 548. The van der Waals surface area contributed by atoms with Crippen molar-refractivity contribution in [2.75, 3.05) is 18.0 Å². The Morgan fingerprint density at radius 2 is 2.22 bits per heavy atom. The zero-order valence-electron chi connectivity index (χ0n) is 10.7. The van der Waals surface area contributed by atoms with E-state index in [2.05, 4.69) is 24.8 Å². The Kier molecular flexibility index (Phi) is 2.74. The number of aromatic amines is 1. The summed E-state index contributed by atoms with van der Waals surface area (Å²) >= 11 is 0. The second kappa shape index (κ2) is 4.40. The van der Waals surface area contributed by atoms with E-state index >= 15 is 0 Å². The highest BCUT2D eigenvalue weighted by atomic mass is 15.2. The Hall–Kier alpha value is -1.91. The summed E-state index contributed by atoms with van der Waals surface area (Å²) in [5, 5.41) is 0. The maximum Gasteiger partial charge on any atom is 0.132 e. The number of hydrogen-bond donors (Lipinski definition) is 1. The molecule has 0 aliphatic carbocycles. The molecule has 94 valence electrons. The highest BCUT2D eigenvalue weighted by Crippen LogP contribution is 2.27. The molecule has 18 heavy (non-hydrogen) atoms. The van der Waals surface area contributed by atoms with Gasteiger partial charge in [-0.25, -0.2) is 15.0 Å². The third-order valence-electron chi connectivity index (χ3n) is 3.38. The van der Waals surface area contributed by atoms with Gasteiger partial charge < -0.3 is 9.88 Å². The average Bonchev–Trinajstić information content (AvgIpc) is 2.97. The Morgan fingerprint density at radius 3 is 2.94 bits per heavy atom. The first-order valence-corrected chi connectivity index (χ1v) is 6.28.